The summed E-state index contributed by atoms with van der Waals surface area (Å²) in [6.45, 7) is 0. The third kappa shape index (κ3) is 4.64. The maximum Gasteiger partial charge on any atom is 0.262 e. The molecule has 0 aliphatic carbocycles. The van der Waals surface area contributed by atoms with Gasteiger partial charge in [-0.05, 0) is 36.4 Å². The maximum atomic E-state index is 12.7. The lowest BCUT2D eigenvalue weighted by Crippen LogP contribution is -2.14. The van der Waals surface area contributed by atoms with Crippen LogP contribution in [0.3, 0.4) is 0 Å². The number of nitrogens with zero attached hydrogens (tertiary/aromatic N) is 3. The molecule has 0 fully saturated rings. The molecule has 3 aromatic rings. The second-order valence-electron chi connectivity index (χ2n) is 5.28. The van der Waals surface area contributed by atoms with E-state index in [1.165, 1.54) is 48.8 Å². The molecule has 0 spiro atoms. The number of anilines is 1. The smallest absolute Gasteiger partial charge is 0.262 e. The third-order valence-electron chi connectivity index (χ3n) is 3.33. The molecule has 7 nitrogen and oxygen atoms in total. The van der Waals surface area contributed by atoms with Crippen molar-refractivity contribution in [1.29, 1.82) is 5.26 Å². The number of hydrogen-bond acceptors (Lipinski definition) is 6. The van der Waals surface area contributed by atoms with E-state index in [0.29, 0.717) is 0 Å². The van der Waals surface area contributed by atoms with Gasteiger partial charge < -0.3 is 4.74 Å². The number of pyridine rings is 2. The molecule has 0 saturated carbocycles. The van der Waals surface area contributed by atoms with Crippen LogP contribution in [0.15, 0.2) is 53.7 Å². The van der Waals surface area contributed by atoms with Gasteiger partial charge in [0.25, 0.3) is 10.0 Å². The Morgan fingerprint density at radius 3 is 2.43 bits per heavy atom. The van der Waals surface area contributed by atoms with Crippen molar-refractivity contribution in [2.24, 2.45) is 0 Å². The molecule has 2 aromatic heterocycles. The standard InChI is InChI=1S/C17H9Cl3N4O3S/c18-10-5-16(24-28(25,26)13-3-4-14(19)15(20)6-13)17(23-8-10)27-12-2-1-11(7-21)22-9-12/h1-6,8-9,24H. The SMILES string of the molecule is N#Cc1ccc(Oc2ncc(Cl)cc2NS(=O)(=O)c2ccc(Cl)c(Cl)c2)cn1. The van der Waals surface area contributed by atoms with E-state index in [-0.39, 0.29) is 43.0 Å². The molecule has 2 heterocycles. The van der Waals surface area contributed by atoms with Gasteiger partial charge >= 0.3 is 0 Å². The van der Waals surface area contributed by atoms with Gasteiger partial charge in [-0.15, -0.1) is 0 Å². The fourth-order valence-electron chi connectivity index (χ4n) is 2.05. The van der Waals surface area contributed by atoms with Crippen LogP contribution in [0.5, 0.6) is 11.6 Å². The first-order chi connectivity index (χ1) is 13.3. The zero-order valence-corrected chi connectivity index (χ0v) is 16.8. The van der Waals surface area contributed by atoms with Crippen LogP contribution >= 0.6 is 34.8 Å². The Morgan fingerprint density at radius 2 is 1.79 bits per heavy atom. The molecule has 1 N–H and O–H groups in total. The molecular weight excluding hydrogens is 447 g/mol. The number of hydrogen-bond donors (Lipinski definition) is 1. The van der Waals surface area contributed by atoms with Crippen LogP contribution in [0.2, 0.25) is 15.1 Å². The molecule has 0 saturated heterocycles. The fraction of sp³-hybridized carbons (Fsp3) is 0. The summed E-state index contributed by atoms with van der Waals surface area (Å²) in [5, 5.41) is 9.30. The number of nitrogens with one attached hydrogen (secondary N) is 1. The Hall–Kier alpha value is -2.57. The van der Waals surface area contributed by atoms with E-state index < -0.39 is 10.0 Å². The van der Waals surface area contributed by atoms with Crippen LogP contribution in [-0.4, -0.2) is 18.4 Å². The number of ether oxygens (including phenoxy) is 1. The normalized spacial score (nSPS) is 10.9. The quantitative estimate of drug-likeness (QED) is 0.586. The van der Waals surface area contributed by atoms with Crippen LogP contribution in [0, 0.1) is 11.3 Å². The topological polar surface area (TPSA) is 105 Å². The van der Waals surface area contributed by atoms with E-state index in [1.807, 2.05) is 6.07 Å². The number of halogens is 3. The van der Waals surface area contributed by atoms with Gasteiger partial charge in [-0.2, -0.15) is 5.26 Å². The highest BCUT2D eigenvalue weighted by Gasteiger charge is 2.19. The van der Waals surface area contributed by atoms with Crippen LogP contribution in [-0.2, 0) is 10.0 Å². The number of rotatable bonds is 5. The highest BCUT2D eigenvalue weighted by atomic mass is 35.5. The van der Waals surface area contributed by atoms with E-state index in [2.05, 4.69) is 14.7 Å². The van der Waals surface area contributed by atoms with E-state index >= 15 is 0 Å². The fourth-order valence-corrected chi connectivity index (χ4v) is 3.64. The van der Waals surface area contributed by atoms with Gasteiger partial charge in [0.05, 0.1) is 26.2 Å². The molecule has 0 amide bonds. The first kappa shape index (κ1) is 20.2. The highest BCUT2D eigenvalue weighted by Crippen LogP contribution is 2.32. The molecule has 11 heteroatoms. The summed E-state index contributed by atoms with van der Waals surface area (Å²) in [5.41, 5.74) is 0.208. The lowest BCUT2D eigenvalue weighted by Gasteiger charge is -2.13. The van der Waals surface area contributed by atoms with Crippen molar-refractivity contribution in [2.75, 3.05) is 4.72 Å². The van der Waals surface area contributed by atoms with Gasteiger partial charge in [-0.3, -0.25) is 4.72 Å². The van der Waals surface area contributed by atoms with Gasteiger partial charge in [0.15, 0.2) is 0 Å². The molecule has 0 unspecified atom stereocenters. The zero-order valence-electron chi connectivity index (χ0n) is 13.7. The summed E-state index contributed by atoms with van der Waals surface area (Å²) in [6.07, 6.45) is 2.61. The Kier molecular flexibility index (Phi) is 5.91. The molecule has 142 valence electrons. The summed E-state index contributed by atoms with van der Waals surface area (Å²) < 4.78 is 33.3. The Morgan fingerprint density at radius 1 is 1.00 bits per heavy atom. The molecule has 1 aromatic carbocycles. The minimum Gasteiger partial charge on any atom is -0.435 e. The second kappa shape index (κ2) is 8.20. The minimum absolute atomic E-state index is 0.00271. The van der Waals surface area contributed by atoms with Crippen molar-refractivity contribution >= 4 is 50.5 Å². The molecule has 3 rings (SSSR count). The molecule has 0 aliphatic rings. The summed E-state index contributed by atoms with van der Waals surface area (Å²) >= 11 is 17.7. The molecule has 28 heavy (non-hydrogen) atoms. The van der Waals surface area contributed by atoms with Gasteiger partial charge in [0.2, 0.25) is 5.88 Å². The van der Waals surface area contributed by atoms with Crippen LogP contribution < -0.4 is 9.46 Å². The van der Waals surface area contributed by atoms with E-state index in [0.717, 1.165) is 0 Å². The van der Waals surface area contributed by atoms with Crippen molar-refractivity contribution in [1.82, 2.24) is 9.97 Å². The number of benzene rings is 1. The van der Waals surface area contributed by atoms with Gasteiger partial charge in [-0.25, -0.2) is 18.4 Å². The number of aromatic nitrogens is 2. The van der Waals surface area contributed by atoms with Crippen molar-refractivity contribution in [3.05, 3.63) is 69.6 Å². The first-order valence-corrected chi connectivity index (χ1v) is 10.1. The third-order valence-corrected chi connectivity index (χ3v) is 5.64. The Bertz CT molecular complexity index is 1180. The van der Waals surface area contributed by atoms with Crippen molar-refractivity contribution < 1.29 is 13.2 Å². The van der Waals surface area contributed by atoms with E-state index in [4.69, 9.17) is 44.8 Å². The van der Waals surface area contributed by atoms with Crippen molar-refractivity contribution in [2.45, 2.75) is 4.90 Å². The zero-order chi connectivity index (χ0) is 20.3. The summed E-state index contributed by atoms with van der Waals surface area (Å²) in [7, 11) is -4.03. The maximum absolute atomic E-state index is 12.7. The van der Waals surface area contributed by atoms with Crippen molar-refractivity contribution in [3.63, 3.8) is 0 Å². The van der Waals surface area contributed by atoms with Crippen LogP contribution in [0.1, 0.15) is 5.69 Å². The number of sulfonamides is 1. The second-order valence-corrected chi connectivity index (χ2v) is 8.21. The van der Waals surface area contributed by atoms with Gasteiger partial charge in [0.1, 0.15) is 23.2 Å². The number of nitriles is 1. The molecule has 0 bridgehead atoms. The average molecular weight is 456 g/mol. The lowest BCUT2D eigenvalue weighted by atomic mass is 10.3. The molecule has 0 atom stereocenters. The average Bonchev–Trinajstić information content (AvgIpc) is 2.66. The van der Waals surface area contributed by atoms with Crippen LogP contribution in [0.25, 0.3) is 0 Å². The largest absolute Gasteiger partial charge is 0.435 e. The highest BCUT2D eigenvalue weighted by molar-refractivity contribution is 7.92. The monoisotopic (exact) mass is 454 g/mol. The van der Waals surface area contributed by atoms with E-state index in [9.17, 15) is 8.42 Å². The summed E-state index contributed by atoms with van der Waals surface area (Å²) in [6, 6.07) is 10.1. The summed E-state index contributed by atoms with van der Waals surface area (Å²) in [5.74, 6) is 0.198. The molecule has 0 radical (unpaired) electrons. The molecular formula is C17H9Cl3N4O3S. The summed E-state index contributed by atoms with van der Waals surface area (Å²) in [4.78, 5) is 7.78. The van der Waals surface area contributed by atoms with Crippen molar-refractivity contribution in [3.8, 4) is 17.7 Å². The first-order valence-electron chi connectivity index (χ1n) is 7.46. The predicted molar refractivity (Wildman–Crippen MR) is 106 cm³/mol. The Labute approximate surface area is 175 Å². The Balaban J connectivity index is 1.93. The lowest BCUT2D eigenvalue weighted by molar-refractivity contribution is 0.463. The molecule has 0 aliphatic heterocycles. The van der Waals surface area contributed by atoms with Gasteiger partial charge in [-0.1, -0.05) is 34.8 Å². The minimum atomic E-state index is -4.03. The van der Waals surface area contributed by atoms with Gasteiger partial charge in [0, 0.05) is 6.20 Å². The van der Waals surface area contributed by atoms with E-state index in [1.54, 1.807) is 0 Å². The van der Waals surface area contributed by atoms with Crippen LogP contribution in [0.4, 0.5) is 5.69 Å². The predicted octanol–water partition coefficient (Wildman–Crippen LogP) is 4.90.